The van der Waals surface area contributed by atoms with Crippen LogP contribution in [-0.2, 0) is 0 Å². The fourth-order valence-corrected chi connectivity index (χ4v) is 2.50. The Morgan fingerprint density at radius 2 is 1.77 bits per heavy atom. The van der Waals surface area contributed by atoms with E-state index in [1.54, 1.807) is 36.4 Å². The number of carbonyl (C=O) groups excluding carboxylic acids is 1. The number of aryl methyl sites for hydroxylation is 1. The summed E-state index contributed by atoms with van der Waals surface area (Å²) in [5.74, 6) is -0.00510. The number of amides is 1. The number of carbonyl (C=O) groups is 1. The van der Waals surface area contributed by atoms with Crippen LogP contribution in [0.15, 0.2) is 64.3 Å². The lowest BCUT2D eigenvalue weighted by molar-refractivity contribution is 0.102. The summed E-state index contributed by atoms with van der Waals surface area (Å²) in [6, 6.07) is 13.6. The molecule has 132 valence electrons. The summed E-state index contributed by atoms with van der Waals surface area (Å²) in [7, 11) is 1.52. The van der Waals surface area contributed by atoms with Gasteiger partial charge in [0, 0.05) is 11.9 Å². The summed E-state index contributed by atoms with van der Waals surface area (Å²) in [4.78, 5) is 39.8. The second-order valence-electron chi connectivity index (χ2n) is 5.62. The van der Waals surface area contributed by atoms with Crippen molar-refractivity contribution in [2.75, 3.05) is 12.4 Å². The molecule has 0 atom stereocenters. The average Bonchev–Trinajstić information content (AvgIpc) is 2.64. The van der Waals surface area contributed by atoms with Gasteiger partial charge in [-0.3, -0.25) is 9.59 Å². The van der Waals surface area contributed by atoms with Crippen molar-refractivity contribution in [2.24, 2.45) is 0 Å². The topological polar surface area (TPSA) is 93.2 Å². The smallest absolute Gasteiger partial charge is 0.333 e. The summed E-state index contributed by atoms with van der Waals surface area (Å²) in [5.41, 5.74) is 0.295. The second kappa shape index (κ2) is 7.10. The van der Waals surface area contributed by atoms with E-state index in [1.807, 2.05) is 19.1 Å². The number of rotatable bonds is 4. The van der Waals surface area contributed by atoms with E-state index in [0.29, 0.717) is 17.1 Å². The minimum Gasteiger partial charge on any atom is -0.497 e. The third-order valence-corrected chi connectivity index (χ3v) is 3.95. The van der Waals surface area contributed by atoms with Crippen molar-refractivity contribution in [3.63, 3.8) is 0 Å². The van der Waals surface area contributed by atoms with Crippen LogP contribution >= 0.6 is 0 Å². The molecule has 1 amide bonds. The molecular weight excluding hydrogens is 334 g/mol. The highest BCUT2D eigenvalue weighted by molar-refractivity contribution is 6.04. The largest absolute Gasteiger partial charge is 0.497 e. The van der Waals surface area contributed by atoms with Gasteiger partial charge in [0.2, 0.25) is 0 Å². The lowest BCUT2D eigenvalue weighted by Gasteiger charge is -2.10. The number of aromatic nitrogens is 2. The fourth-order valence-electron chi connectivity index (χ4n) is 2.50. The molecule has 7 heteroatoms. The Kier molecular flexibility index (Phi) is 4.70. The van der Waals surface area contributed by atoms with E-state index in [1.165, 1.54) is 7.11 Å². The van der Waals surface area contributed by atoms with Gasteiger partial charge in [0.1, 0.15) is 11.3 Å². The molecule has 3 aromatic rings. The Bertz CT molecular complexity index is 1070. The molecule has 26 heavy (non-hydrogen) atoms. The number of methoxy groups -OCH3 is 1. The number of H-pyrrole nitrogens is 1. The second-order valence-corrected chi connectivity index (χ2v) is 5.62. The predicted molar refractivity (Wildman–Crippen MR) is 98.3 cm³/mol. The maximum absolute atomic E-state index is 12.7. The van der Waals surface area contributed by atoms with Crippen LogP contribution in [0, 0.1) is 6.92 Å². The van der Waals surface area contributed by atoms with E-state index in [2.05, 4.69) is 10.3 Å². The molecule has 1 aromatic heterocycles. The molecule has 7 nitrogen and oxygen atoms in total. The molecule has 1 heterocycles. The molecule has 0 aliphatic heterocycles. The van der Waals surface area contributed by atoms with Gasteiger partial charge < -0.3 is 15.0 Å². The summed E-state index contributed by atoms with van der Waals surface area (Å²) < 4.78 is 5.98. The Labute approximate surface area is 148 Å². The number of ether oxygens (including phenoxy) is 1. The van der Waals surface area contributed by atoms with Crippen molar-refractivity contribution in [1.29, 1.82) is 0 Å². The van der Waals surface area contributed by atoms with Crippen LogP contribution in [0.5, 0.6) is 5.75 Å². The minimum absolute atomic E-state index is 0.163. The summed E-state index contributed by atoms with van der Waals surface area (Å²) in [6.07, 6.45) is 1.12. The van der Waals surface area contributed by atoms with Gasteiger partial charge >= 0.3 is 5.69 Å². The standard InChI is InChI=1S/C19H17N3O4/c1-12-5-3-4-6-16(12)21-17(23)15-11-20-19(25)22(18(15)24)13-7-9-14(26-2)10-8-13/h3-11H,1-2H3,(H,20,25)(H,21,23). The van der Waals surface area contributed by atoms with Gasteiger partial charge in [-0.05, 0) is 42.8 Å². The molecule has 0 saturated carbocycles. The van der Waals surface area contributed by atoms with Crippen LogP contribution in [0.2, 0.25) is 0 Å². The van der Waals surface area contributed by atoms with E-state index in [9.17, 15) is 14.4 Å². The third kappa shape index (κ3) is 3.27. The van der Waals surface area contributed by atoms with Crippen molar-refractivity contribution in [3.8, 4) is 11.4 Å². The molecule has 0 fully saturated rings. The van der Waals surface area contributed by atoms with Crippen LogP contribution in [-0.4, -0.2) is 22.6 Å². The fraction of sp³-hybridized carbons (Fsp3) is 0.105. The number of hydrogen-bond donors (Lipinski definition) is 2. The number of benzene rings is 2. The van der Waals surface area contributed by atoms with E-state index >= 15 is 0 Å². The monoisotopic (exact) mass is 351 g/mol. The molecule has 0 spiro atoms. The number of hydrogen-bond acceptors (Lipinski definition) is 4. The van der Waals surface area contributed by atoms with Gasteiger partial charge in [0.05, 0.1) is 12.8 Å². The van der Waals surface area contributed by atoms with E-state index in [-0.39, 0.29) is 5.56 Å². The van der Waals surface area contributed by atoms with Crippen LogP contribution in [0.4, 0.5) is 5.69 Å². The zero-order valence-corrected chi connectivity index (χ0v) is 14.3. The lowest BCUT2D eigenvalue weighted by Crippen LogP contribution is -2.38. The molecule has 0 bridgehead atoms. The van der Waals surface area contributed by atoms with E-state index in [0.717, 1.165) is 16.3 Å². The summed E-state index contributed by atoms with van der Waals surface area (Å²) >= 11 is 0. The SMILES string of the molecule is COc1ccc(-n2c(=O)[nH]cc(C(=O)Nc3ccccc3C)c2=O)cc1. The van der Waals surface area contributed by atoms with Crippen molar-refractivity contribution >= 4 is 11.6 Å². The van der Waals surface area contributed by atoms with Crippen LogP contribution < -0.4 is 21.3 Å². The number of anilines is 1. The number of nitrogens with zero attached hydrogens (tertiary/aromatic N) is 1. The van der Waals surface area contributed by atoms with E-state index < -0.39 is 17.2 Å². The van der Waals surface area contributed by atoms with Gasteiger partial charge in [0.15, 0.2) is 0 Å². The molecule has 0 aliphatic carbocycles. The predicted octanol–water partition coefficient (Wildman–Crippen LogP) is 2.10. The van der Waals surface area contributed by atoms with Crippen LogP contribution in [0.1, 0.15) is 15.9 Å². The maximum atomic E-state index is 12.7. The highest BCUT2D eigenvalue weighted by Crippen LogP contribution is 2.14. The number of para-hydroxylation sites is 1. The minimum atomic E-state index is -0.704. The van der Waals surface area contributed by atoms with Gasteiger partial charge in [-0.15, -0.1) is 0 Å². The first-order chi connectivity index (χ1) is 12.5. The van der Waals surface area contributed by atoms with Crippen molar-refractivity contribution < 1.29 is 9.53 Å². The average molecular weight is 351 g/mol. The zero-order chi connectivity index (χ0) is 18.7. The summed E-state index contributed by atoms with van der Waals surface area (Å²) in [6.45, 7) is 1.85. The molecular formula is C19H17N3O4. The van der Waals surface area contributed by atoms with Gasteiger partial charge in [-0.2, -0.15) is 0 Å². The Morgan fingerprint density at radius 1 is 1.08 bits per heavy atom. The molecule has 0 radical (unpaired) electrons. The van der Waals surface area contributed by atoms with Gasteiger partial charge in [-0.1, -0.05) is 18.2 Å². The van der Waals surface area contributed by atoms with Crippen LogP contribution in [0.3, 0.4) is 0 Å². The Morgan fingerprint density at radius 3 is 2.42 bits per heavy atom. The number of nitrogens with one attached hydrogen (secondary N) is 2. The van der Waals surface area contributed by atoms with Crippen molar-refractivity contribution in [1.82, 2.24) is 9.55 Å². The third-order valence-electron chi connectivity index (χ3n) is 3.95. The quantitative estimate of drug-likeness (QED) is 0.753. The number of aromatic amines is 1. The highest BCUT2D eigenvalue weighted by atomic mass is 16.5. The highest BCUT2D eigenvalue weighted by Gasteiger charge is 2.16. The van der Waals surface area contributed by atoms with Crippen molar-refractivity contribution in [2.45, 2.75) is 6.92 Å². The molecule has 3 rings (SSSR count). The van der Waals surface area contributed by atoms with Crippen LogP contribution in [0.25, 0.3) is 5.69 Å². The molecule has 0 aliphatic rings. The Hall–Kier alpha value is -3.61. The first-order valence-corrected chi connectivity index (χ1v) is 7.87. The summed E-state index contributed by atoms with van der Waals surface area (Å²) in [5, 5.41) is 2.69. The zero-order valence-electron chi connectivity index (χ0n) is 14.3. The Balaban J connectivity index is 2.02. The first kappa shape index (κ1) is 17.2. The lowest BCUT2D eigenvalue weighted by atomic mass is 10.2. The molecule has 2 N–H and O–H groups in total. The van der Waals surface area contributed by atoms with Crippen molar-refractivity contribution in [3.05, 3.63) is 86.7 Å². The maximum Gasteiger partial charge on any atom is 0.333 e. The normalized spacial score (nSPS) is 10.4. The van der Waals surface area contributed by atoms with Gasteiger partial charge in [-0.25, -0.2) is 9.36 Å². The molecule has 0 saturated heterocycles. The molecule has 2 aromatic carbocycles. The molecule has 0 unspecified atom stereocenters. The first-order valence-electron chi connectivity index (χ1n) is 7.87. The van der Waals surface area contributed by atoms with E-state index in [4.69, 9.17) is 4.74 Å². The van der Waals surface area contributed by atoms with Gasteiger partial charge in [0.25, 0.3) is 11.5 Å².